The molecule has 0 spiro atoms. The van der Waals surface area contributed by atoms with Crippen molar-refractivity contribution in [3.05, 3.63) is 47.8 Å². The monoisotopic (exact) mass is 257 g/mol. The van der Waals surface area contributed by atoms with Crippen LogP contribution >= 0.6 is 0 Å². The lowest BCUT2D eigenvalue weighted by Crippen LogP contribution is -2.43. The molecular formula is C14H19N5. The fourth-order valence-electron chi connectivity index (χ4n) is 2.42. The second-order valence-corrected chi connectivity index (χ2v) is 5.10. The summed E-state index contributed by atoms with van der Waals surface area (Å²) in [6.07, 6.45) is 2.05. The minimum atomic E-state index is 0.295. The van der Waals surface area contributed by atoms with E-state index in [1.54, 1.807) is 0 Å². The first-order chi connectivity index (χ1) is 9.31. The molecule has 1 aromatic carbocycles. The van der Waals surface area contributed by atoms with Gasteiger partial charge in [-0.25, -0.2) is 4.68 Å². The number of nitrogens with zero attached hydrogens (tertiary/aromatic N) is 4. The molecule has 19 heavy (non-hydrogen) atoms. The topological polar surface area (TPSA) is 46.0 Å². The van der Waals surface area contributed by atoms with Crippen LogP contribution in [0.15, 0.2) is 36.5 Å². The van der Waals surface area contributed by atoms with Crippen molar-refractivity contribution in [1.82, 2.24) is 25.2 Å². The lowest BCUT2D eigenvalue weighted by Gasteiger charge is -2.29. The normalized spacial score (nSPS) is 20.6. The fourth-order valence-corrected chi connectivity index (χ4v) is 2.42. The zero-order valence-corrected chi connectivity index (χ0v) is 11.2. The Morgan fingerprint density at radius 2 is 2.16 bits per heavy atom. The minimum Gasteiger partial charge on any atom is -0.306 e. The lowest BCUT2D eigenvalue weighted by molar-refractivity contribution is 0.238. The van der Waals surface area contributed by atoms with Crippen LogP contribution in [0.5, 0.6) is 0 Å². The van der Waals surface area contributed by atoms with Crippen LogP contribution in [0.25, 0.3) is 0 Å². The number of hydrogen-bond acceptors (Lipinski definition) is 4. The molecule has 1 aliphatic heterocycles. The molecule has 5 heteroatoms. The number of benzene rings is 1. The van der Waals surface area contributed by atoms with E-state index >= 15 is 0 Å². The third-order valence-electron chi connectivity index (χ3n) is 3.48. The van der Waals surface area contributed by atoms with Gasteiger partial charge in [0.2, 0.25) is 0 Å². The van der Waals surface area contributed by atoms with Crippen molar-refractivity contribution in [2.24, 2.45) is 0 Å². The molecule has 1 unspecified atom stereocenters. The quantitative estimate of drug-likeness (QED) is 0.887. The molecule has 1 aliphatic rings. The van der Waals surface area contributed by atoms with Crippen molar-refractivity contribution >= 4 is 0 Å². The molecule has 5 nitrogen and oxygen atoms in total. The number of piperazine rings is 1. The molecule has 0 saturated carbocycles. The molecule has 1 atom stereocenters. The first-order valence-electron chi connectivity index (χ1n) is 6.67. The van der Waals surface area contributed by atoms with E-state index in [0.717, 1.165) is 31.9 Å². The Labute approximate surface area is 113 Å². The van der Waals surface area contributed by atoms with Crippen LogP contribution in [0.3, 0.4) is 0 Å². The number of hydrogen-bond donors (Lipinski definition) is 1. The first-order valence-corrected chi connectivity index (χ1v) is 6.67. The predicted octanol–water partition coefficient (Wildman–Crippen LogP) is 0.902. The van der Waals surface area contributed by atoms with Gasteiger partial charge in [0.05, 0.1) is 18.8 Å². The maximum absolute atomic E-state index is 4.29. The highest BCUT2D eigenvalue weighted by Crippen LogP contribution is 2.13. The van der Waals surface area contributed by atoms with E-state index in [2.05, 4.69) is 39.7 Å². The molecule has 0 aliphatic carbocycles. The van der Waals surface area contributed by atoms with Crippen molar-refractivity contribution in [3.8, 4) is 0 Å². The zero-order chi connectivity index (χ0) is 13.1. The van der Waals surface area contributed by atoms with Gasteiger partial charge in [0, 0.05) is 19.6 Å². The highest BCUT2D eigenvalue weighted by molar-refractivity contribution is 5.15. The summed E-state index contributed by atoms with van der Waals surface area (Å²) in [5.74, 6) is 0. The minimum absolute atomic E-state index is 0.295. The summed E-state index contributed by atoms with van der Waals surface area (Å²) in [6, 6.07) is 10.6. The van der Waals surface area contributed by atoms with Crippen LogP contribution < -0.4 is 5.32 Å². The van der Waals surface area contributed by atoms with Gasteiger partial charge in [-0.15, -0.1) is 5.10 Å². The van der Waals surface area contributed by atoms with E-state index in [9.17, 15) is 0 Å². The van der Waals surface area contributed by atoms with Gasteiger partial charge in [-0.1, -0.05) is 35.5 Å². The Balaban J connectivity index is 1.69. The molecule has 0 bridgehead atoms. The summed E-state index contributed by atoms with van der Waals surface area (Å²) in [5, 5.41) is 12.0. The standard InChI is InChI=1S/C14H19N5/c1-18-8-7-15-13(10-18)14-11-19(17-16-14)9-12-5-3-2-4-6-12/h2-6,11,13,15H,7-10H2,1H3. The van der Waals surface area contributed by atoms with Crippen molar-refractivity contribution in [2.75, 3.05) is 26.7 Å². The van der Waals surface area contributed by atoms with Crippen molar-refractivity contribution in [1.29, 1.82) is 0 Å². The molecule has 2 heterocycles. The van der Waals surface area contributed by atoms with Gasteiger partial charge in [-0.2, -0.15) is 0 Å². The average Bonchev–Trinajstić information content (AvgIpc) is 2.88. The van der Waals surface area contributed by atoms with E-state index in [-0.39, 0.29) is 0 Å². The van der Waals surface area contributed by atoms with Crippen LogP contribution in [0.4, 0.5) is 0 Å². The van der Waals surface area contributed by atoms with Gasteiger partial charge in [-0.3, -0.25) is 0 Å². The first kappa shape index (κ1) is 12.3. The molecule has 1 fully saturated rings. The maximum atomic E-state index is 4.29. The Hall–Kier alpha value is -1.72. The molecule has 2 aromatic rings. The van der Waals surface area contributed by atoms with E-state index in [0.29, 0.717) is 6.04 Å². The van der Waals surface area contributed by atoms with Crippen LogP contribution in [0, 0.1) is 0 Å². The van der Waals surface area contributed by atoms with Gasteiger partial charge >= 0.3 is 0 Å². The maximum Gasteiger partial charge on any atom is 0.101 e. The van der Waals surface area contributed by atoms with Gasteiger partial charge in [0.25, 0.3) is 0 Å². The summed E-state index contributed by atoms with van der Waals surface area (Å²) in [7, 11) is 2.14. The molecule has 1 saturated heterocycles. The summed E-state index contributed by atoms with van der Waals surface area (Å²) in [5.41, 5.74) is 2.27. The number of likely N-dealkylation sites (N-methyl/N-ethyl adjacent to an activating group) is 1. The number of nitrogens with one attached hydrogen (secondary N) is 1. The Kier molecular flexibility index (Phi) is 3.57. The molecule has 1 aromatic heterocycles. The third kappa shape index (κ3) is 3.00. The summed E-state index contributed by atoms with van der Waals surface area (Å²) < 4.78 is 1.90. The second-order valence-electron chi connectivity index (χ2n) is 5.10. The fraction of sp³-hybridized carbons (Fsp3) is 0.429. The van der Waals surface area contributed by atoms with Gasteiger partial charge in [0.1, 0.15) is 5.69 Å². The summed E-state index contributed by atoms with van der Waals surface area (Å²) >= 11 is 0. The Bertz CT molecular complexity index is 522. The van der Waals surface area contributed by atoms with Gasteiger partial charge < -0.3 is 10.2 Å². The Morgan fingerprint density at radius 1 is 1.32 bits per heavy atom. The highest BCUT2D eigenvalue weighted by Gasteiger charge is 2.20. The van der Waals surface area contributed by atoms with Crippen LogP contribution in [-0.2, 0) is 6.54 Å². The highest BCUT2D eigenvalue weighted by atomic mass is 15.4. The second kappa shape index (κ2) is 5.50. The van der Waals surface area contributed by atoms with Gasteiger partial charge in [0.15, 0.2) is 0 Å². The predicted molar refractivity (Wildman–Crippen MR) is 73.8 cm³/mol. The number of aromatic nitrogens is 3. The number of rotatable bonds is 3. The largest absolute Gasteiger partial charge is 0.306 e. The van der Waals surface area contributed by atoms with Crippen LogP contribution in [-0.4, -0.2) is 46.6 Å². The van der Waals surface area contributed by atoms with E-state index < -0.39 is 0 Å². The molecule has 0 radical (unpaired) electrons. The summed E-state index contributed by atoms with van der Waals surface area (Å²) in [4.78, 5) is 2.32. The molecular weight excluding hydrogens is 238 g/mol. The van der Waals surface area contributed by atoms with E-state index in [4.69, 9.17) is 0 Å². The van der Waals surface area contributed by atoms with Crippen molar-refractivity contribution in [3.63, 3.8) is 0 Å². The van der Waals surface area contributed by atoms with E-state index in [1.165, 1.54) is 5.56 Å². The third-order valence-corrected chi connectivity index (χ3v) is 3.48. The van der Waals surface area contributed by atoms with Crippen molar-refractivity contribution in [2.45, 2.75) is 12.6 Å². The zero-order valence-electron chi connectivity index (χ0n) is 11.2. The smallest absolute Gasteiger partial charge is 0.101 e. The SMILES string of the molecule is CN1CCNC(c2cn(Cc3ccccc3)nn2)C1. The lowest BCUT2D eigenvalue weighted by atomic mass is 10.1. The van der Waals surface area contributed by atoms with Crippen LogP contribution in [0.2, 0.25) is 0 Å². The molecule has 100 valence electrons. The van der Waals surface area contributed by atoms with Crippen LogP contribution in [0.1, 0.15) is 17.3 Å². The van der Waals surface area contributed by atoms with E-state index in [1.807, 2.05) is 29.1 Å². The average molecular weight is 257 g/mol. The summed E-state index contributed by atoms with van der Waals surface area (Å²) in [6.45, 7) is 3.86. The van der Waals surface area contributed by atoms with Crippen molar-refractivity contribution < 1.29 is 0 Å². The molecule has 3 rings (SSSR count). The van der Waals surface area contributed by atoms with Gasteiger partial charge in [-0.05, 0) is 12.6 Å². The molecule has 1 N–H and O–H groups in total. The Morgan fingerprint density at radius 3 is 2.95 bits per heavy atom. The molecule has 0 amide bonds.